The Morgan fingerprint density at radius 1 is 1.08 bits per heavy atom. The molecule has 1 saturated heterocycles. The van der Waals surface area contributed by atoms with Gasteiger partial charge in [0.25, 0.3) is 0 Å². The van der Waals surface area contributed by atoms with E-state index in [1.807, 2.05) is 0 Å². The monoisotopic (exact) mass is 504 g/mol. The van der Waals surface area contributed by atoms with Crippen LogP contribution in [-0.2, 0) is 16.6 Å². The van der Waals surface area contributed by atoms with Crippen molar-refractivity contribution < 1.29 is 18.8 Å². The maximum absolute atomic E-state index is 13.1. The van der Waals surface area contributed by atoms with Crippen LogP contribution in [0.5, 0.6) is 17.5 Å². The van der Waals surface area contributed by atoms with E-state index in [0.29, 0.717) is 41.6 Å². The number of likely N-dealkylation sites (N-methyl/N-ethyl adjacent to an activating group) is 1. The Morgan fingerprint density at radius 2 is 1.89 bits per heavy atom. The van der Waals surface area contributed by atoms with Crippen molar-refractivity contribution in [2.75, 3.05) is 13.6 Å². The largest absolute Gasteiger partial charge is 0.473 e. The zero-order valence-corrected chi connectivity index (χ0v) is 21.4. The molecule has 3 aliphatic rings. The summed E-state index contributed by atoms with van der Waals surface area (Å²) in [4.78, 5) is 32.8. The number of Topliss-reactive ketones (excluding diaryl/α,β-unsaturated/α-hetero) is 1. The number of carbonyl (C=O) groups is 1. The lowest BCUT2D eigenvalue weighted by Gasteiger charge is -2.37. The summed E-state index contributed by atoms with van der Waals surface area (Å²) in [6.07, 6.45) is 12.6. The van der Waals surface area contributed by atoms with Crippen LogP contribution in [0, 0.1) is 0 Å². The van der Waals surface area contributed by atoms with Crippen LogP contribution < -0.4 is 9.47 Å². The van der Waals surface area contributed by atoms with Gasteiger partial charge in [-0.15, -0.1) is 0 Å². The van der Waals surface area contributed by atoms with E-state index in [1.165, 1.54) is 6.33 Å². The topological polar surface area (TPSA) is 116 Å². The molecular weight excluding hydrogens is 472 g/mol. The summed E-state index contributed by atoms with van der Waals surface area (Å²) < 4.78 is 18.2. The fourth-order valence-electron chi connectivity index (χ4n) is 6.26. The van der Waals surface area contributed by atoms with E-state index in [2.05, 4.69) is 39.0 Å². The summed E-state index contributed by atoms with van der Waals surface area (Å²) in [5.74, 6) is 2.25. The van der Waals surface area contributed by atoms with Crippen molar-refractivity contribution in [2.45, 2.75) is 82.3 Å². The number of likely N-dealkylation sites (tertiary alicyclic amines) is 1. The average molecular weight is 505 g/mol. The molecule has 1 aliphatic heterocycles. The normalized spacial score (nSPS) is 24.7. The number of rotatable bonds is 6. The summed E-state index contributed by atoms with van der Waals surface area (Å²) in [6, 6.07) is 1.98. The van der Waals surface area contributed by atoms with Gasteiger partial charge in [0.2, 0.25) is 23.3 Å². The van der Waals surface area contributed by atoms with Gasteiger partial charge in [-0.05, 0) is 65.5 Å². The third-order valence-electron chi connectivity index (χ3n) is 8.13. The third-order valence-corrected chi connectivity index (χ3v) is 8.13. The van der Waals surface area contributed by atoms with E-state index in [-0.39, 0.29) is 11.9 Å². The Balaban J connectivity index is 1.38. The second-order valence-corrected chi connectivity index (χ2v) is 10.5. The van der Waals surface area contributed by atoms with Gasteiger partial charge in [0.15, 0.2) is 5.75 Å². The molecule has 4 heterocycles. The molecule has 0 bridgehead atoms. The molecule has 10 nitrogen and oxygen atoms in total. The molecule has 0 radical (unpaired) electrons. The number of carbonyl (C=O) groups excluding carboxylic acids is 1. The van der Waals surface area contributed by atoms with Gasteiger partial charge >= 0.3 is 0 Å². The van der Waals surface area contributed by atoms with Gasteiger partial charge < -0.3 is 14.0 Å². The van der Waals surface area contributed by atoms with Gasteiger partial charge in [0.1, 0.15) is 23.9 Å². The minimum atomic E-state index is -0.538. The first-order valence-electron chi connectivity index (χ1n) is 13.2. The molecule has 0 unspecified atom stereocenters. The van der Waals surface area contributed by atoms with Crippen molar-refractivity contribution in [2.24, 2.45) is 0 Å². The molecule has 2 aliphatic carbocycles. The molecule has 1 spiro atoms. The second-order valence-electron chi connectivity index (χ2n) is 10.5. The zero-order chi connectivity index (χ0) is 25.4. The predicted octanol–water partition coefficient (Wildman–Crippen LogP) is 4.29. The SMILES string of the molecule is C[C@H](Oc1cc(Oc2cncnc2)nc(-c2onc3c2CCC[C@@]32CCCCC2=O)n1)[C@@H]1CCCN1C. The van der Waals surface area contributed by atoms with Crippen molar-refractivity contribution in [1.82, 2.24) is 30.0 Å². The Hall–Kier alpha value is -3.40. The second kappa shape index (κ2) is 9.81. The van der Waals surface area contributed by atoms with Gasteiger partial charge in [0.05, 0.1) is 23.9 Å². The van der Waals surface area contributed by atoms with Crippen molar-refractivity contribution in [3.63, 3.8) is 0 Å². The molecule has 10 heteroatoms. The molecule has 6 rings (SSSR count). The highest BCUT2D eigenvalue weighted by Crippen LogP contribution is 2.47. The smallest absolute Gasteiger partial charge is 0.226 e. The van der Waals surface area contributed by atoms with E-state index in [1.54, 1.807) is 18.5 Å². The molecule has 3 aromatic heterocycles. The number of ether oxygens (including phenoxy) is 2. The van der Waals surface area contributed by atoms with Crippen molar-refractivity contribution in [3.8, 4) is 29.1 Å². The van der Waals surface area contributed by atoms with E-state index >= 15 is 0 Å². The van der Waals surface area contributed by atoms with Gasteiger partial charge in [0, 0.05) is 18.0 Å². The Kier molecular flexibility index (Phi) is 6.36. The predicted molar refractivity (Wildman–Crippen MR) is 133 cm³/mol. The summed E-state index contributed by atoms with van der Waals surface area (Å²) in [5, 5.41) is 4.45. The highest BCUT2D eigenvalue weighted by molar-refractivity contribution is 5.91. The molecule has 3 aromatic rings. The lowest BCUT2D eigenvalue weighted by atomic mass is 9.64. The minimum Gasteiger partial charge on any atom is -0.473 e. The highest BCUT2D eigenvalue weighted by atomic mass is 16.5. The number of nitrogens with zero attached hydrogens (tertiary/aromatic N) is 6. The number of fused-ring (bicyclic) bond motifs is 2. The van der Waals surface area contributed by atoms with Crippen molar-refractivity contribution in [3.05, 3.63) is 36.0 Å². The summed E-state index contributed by atoms with van der Waals surface area (Å²) in [5.41, 5.74) is 1.16. The number of ketones is 1. The fraction of sp³-hybridized carbons (Fsp3) is 0.556. The van der Waals surface area contributed by atoms with E-state index in [9.17, 15) is 4.79 Å². The average Bonchev–Trinajstić information content (AvgIpc) is 3.53. The van der Waals surface area contributed by atoms with Crippen LogP contribution >= 0.6 is 0 Å². The van der Waals surface area contributed by atoms with Gasteiger partial charge in [-0.3, -0.25) is 9.69 Å². The fourth-order valence-corrected chi connectivity index (χ4v) is 6.26. The lowest BCUT2D eigenvalue weighted by Crippen LogP contribution is -2.41. The quantitative estimate of drug-likeness (QED) is 0.481. The van der Waals surface area contributed by atoms with Crippen LogP contribution in [-0.4, -0.2) is 61.5 Å². The van der Waals surface area contributed by atoms with Crippen LogP contribution in [0.15, 0.2) is 29.3 Å². The molecule has 1 saturated carbocycles. The maximum Gasteiger partial charge on any atom is 0.226 e. The molecule has 37 heavy (non-hydrogen) atoms. The van der Waals surface area contributed by atoms with Crippen molar-refractivity contribution in [1.29, 1.82) is 0 Å². The first-order chi connectivity index (χ1) is 18.0. The minimum absolute atomic E-state index is 0.0741. The number of hydrogen-bond donors (Lipinski definition) is 0. The molecule has 194 valence electrons. The van der Waals surface area contributed by atoms with Crippen LogP contribution in [0.25, 0.3) is 11.6 Å². The van der Waals surface area contributed by atoms with Gasteiger partial charge in [-0.25, -0.2) is 9.97 Å². The highest BCUT2D eigenvalue weighted by Gasteiger charge is 2.48. The molecule has 2 fully saturated rings. The van der Waals surface area contributed by atoms with Crippen LogP contribution in [0.2, 0.25) is 0 Å². The van der Waals surface area contributed by atoms with Crippen LogP contribution in [0.4, 0.5) is 0 Å². The number of hydrogen-bond acceptors (Lipinski definition) is 10. The molecular formula is C27H32N6O4. The van der Waals surface area contributed by atoms with Gasteiger partial charge in [-0.1, -0.05) is 11.6 Å². The van der Waals surface area contributed by atoms with E-state index < -0.39 is 5.41 Å². The molecule has 0 aromatic carbocycles. The van der Waals surface area contributed by atoms with Crippen LogP contribution in [0.3, 0.4) is 0 Å². The Bertz CT molecular complexity index is 1280. The third kappa shape index (κ3) is 4.47. The van der Waals surface area contributed by atoms with Crippen LogP contribution in [0.1, 0.15) is 69.5 Å². The molecule has 0 amide bonds. The summed E-state index contributed by atoms with van der Waals surface area (Å²) in [6.45, 7) is 3.12. The molecule has 3 atom stereocenters. The lowest BCUT2D eigenvalue weighted by molar-refractivity contribution is -0.127. The standard InChI is InChI=1S/C27H32N6O4/c1-17(20-8-6-12-33(20)2)35-22-13-23(36-18-14-28-16-29-15-18)31-26(30-22)24-19-7-5-11-27(25(19)32-37-24)10-4-3-9-21(27)34/h13-17,20H,3-12H2,1-2H3/t17-,20-,27+/m0/s1. The Morgan fingerprint density at radius 3 is 2.68 bits per heavy atom. The maximum atomic E-state index is 13.1. The first kappa shape index (κ1) is 24.0. The number of aromatic nitrogens is 5. The summed E-state index contributed by atoms with van der Waals surface area (Å²) >= 11 is 0. The molecule has 0 N–H and O–H groups in total. The zero-order valence-electron chi connectivity index (χ0n) is 21.4. The van der Waals surface area contributed by atoms with Gasteiger partial charge in [-0.2, -0.15) is 9.97 Å². The Labute approximate surface area is 215 Å². The summed E-state index contributed by atoms with van der Waals surface area (Å²) in [7, 11) is 2.12. The van der Waals surface area contributed by atoms with E-state index in [0.717, 1.165) is 69.2 Å². The van der Waals surface area contributed by atoms with Crippen molar-refractivity contribution >= 4 is 5.78 Å². The van der Waals surface area contributed by atoms with E-state index in [4.69, 9.17) is 19.0 Å². The first-order valence-corrected chi connectivity index (χ1v) is 13.2.